The van der Waals surface area contributed by atoms with E-state index in [2.05, 4.69) is 4.99 Å². The predicted molar refractivity (Wildman–Crippen MR) is 147 cm³/mol. The Morgan fingerprint density at radius 3 is 2.45 bits per heavy atom. The summed E-state index contributed by atoms with van der Waals surface area (Å²) in [7, 11) is 0. The van der Waals surface area contributed by atoms with Crippen molar-refractivity contribution >= 4 is 46.5 Å². The molecule has 2 aromatic carbocycles. The van der Waals surface area contributed by atoms with E-state index in [9.17, 15) is 14.4 Å². The molecule has 1 fully saturated rings. The van der Waals surface area contributed by atoms with Gasteiger partial charge in [0.2, 0.25) is 0 Å². The summed E-state index contributed by atoms with van der Waals surface area (Å²) in [5.41, 5.74) is 2.22. The molecule has 1 aliphatic heterocycles. The number of furan rings is 1. The lowest BCUT2D eigenvalue weighted by molar-refractivity contribution is -0.122. The van der Waals surface area contributed by atoms with Crippen molar-refractivity contribution in [2.45, 2.75) is 27.2 Å². The summed E-state index contributed by atoms with van der Waals surface area (Å²) in [4.78, 5) is 43.8. The number of amidine groups is 1. The molecule has 0 bridgehead atoms. The molecule has 0 N–H and O–H groups in total. The van der Waals surface area contributed by atoms with Gasteiger partial charge in [0, 0.05) is 18.2 Å². The van der Waals surface area contributed by atoms with Gasteiger partial charge in [-0.2, -0.15) is 0 Å². The van der Waals surface area contributed by atoms with Crippen molar-refractivity contribution in [2.24, 2.45) is 4.99 Å². The fraction of sp³-hybridized carbons (Fsp3) is 0.241. The molecule has 0 aliphatic carbocycles. The topological polar surface area (TPSA) is 98.4 Å². The molecule has 38 heavy (non-hydrogen) atoms. The summed E-state index contributed by atoms with van der Waals surface area (Å²) in [5.74, 6) is 0.176. The van der Waals surface area contributed by atoms with E-state index in [-0.39, 0.29) is 18.5 Å². The highest BCUT2D eigenvalue weighted by atomic mass is 32.2. The molecule has 1 aliphatic rings. The van der Waals surface area contributed by atoms with E-state index in [0.29, 0.717) is 51.6 Å². The van der Waals surface area contributed by atoms with Crippen LogP contribution in [0.2, 0.25) is 0 Å². The maximum Gasteiger partial charge on any atom is 0.338 e. The highest BCUT2D eigenvalue weighted by molar-refractivity contribution is 8.18. The van der Waals surface area contributed by atoms with E-state index in [0.717, 1.165) is 12.0 Å². The lowest BCUT2D eigenvalue weighted by Gasteiger charge is -2.12. The summed E-state index contributed by atoms with van der Waals surface area (Å²) in [5, 5.41) is 0.516. The van der Waals surface area contributed by atoms with Gasteiger partial charge < -0.3 is 13.9 Å². The minimum absolute atomic E-state index is 0.175. The van der Waals surface area contributed by atoms with Gasteiger partial charge in [0.1, 0.15) is 11.5 Å². The molecule has 1 amide bonds. The van der Waals surface area contributed by atoms with Gasteiger partial charge >= 0.3 is 11.9 Å². The van der Waals surface area contributed by atoms with Crippen LogP contribution in [0.4, 0.5) is 5.69 Å². The van der Waals surface area contributed by atoms with Crippen molar-refractivity contribution in [2.75, 3.05) is 19.8 Å². The van der Waals surface area contributed by atoms with Crippen LogP contribution in [0.15, 0.2) is 75.0 Å². The number of rotatable bonds is 9. The Bertz CT molecular complexity index is 1390. The van der Waals surface area contributed by atoms with E-state index < -0.39 is 5.97 Å². The number of hydrogen-bond acceptors (Lipinski definition) is 8. The minimum Gasteiger partial charge on any atom is -0.462 e. The van der Waals surface area contributed by atoms with Crippen LogP contribution in [-0.4, -0.2) is 47.7 Å². The standard InChI is InChI=1S/C29H28N2O6S/c1-4-16-36-27(33)20-12-10-19(11-13-20)24-15-14-23(37-24)18-25-26(32)31(5-2)29(38-25)30-22-9-7-8-21(17-22)28(34)35-6-3/h7-15,17-18H,4-6,16H2,1-3H3. The second kappa shape index (κ2) is 12.4. The third kappa shape index (κ3) is 6.23. The van der Waals surface area contributed by atoms with Crippen molar-refractivity contribution in [1.82, 2.24) is 4.90 Å². The SMILES string of the molecule is CCCOC(=O)c1ccc(-c2ccc(C=C3SC(=Nc4cccc(C(=O)OCC)c4)N(CC)C3=O)o2)cc1. The van der Waals surface area contributed by atoms with Crippen molar-refractivity contribution < 1.29 is 28.3 Å². The first kappa shape index (κ1) is 26.9. The first-order chi connectivity index (χ1) is 18.4. The number of carbonyl (C=O) groups is 3. The summed E-state index contributed by atoms with van der Waals surface area (Å²) in [6, 6.07) is 17.4. The average molecular weight is 533 g/mol. The van der Waals surface area contributed by atoms with Crippen LogP contribution >= 0.6 is 11.8 Å². The summed E-state index contributed by atoms with van der Waals surface area (Å²) < 4.78 is 16.2. The Kier molecular flexibility index (Phi) is 8.81. The van der Waals surface area contributed by atoms with Gasteiger partial charge in [-0.15, -0.1) is 0 Å². The average Bonchev–Trinajstić information content (AvgIpc) is 3.51. The number of thioether (sulfide) groups is 1. The zero-order valence-corrected chi connectivity index (χ0v) is 22.2. The second-order valence-electron chi connectivity index (χ2n) is 8.24. The molecule has 1 aromatic heterocycles. The maximum absolute atomic E-state index is 13.1. The number of aliphatic imine (C=N–C) groups is 1. The number of hydrogen-bond donors (Lipinski definition) is 0. The molecule has 0 unspecified atom stereocenters. The Balaban J connectivity index is 1.52. The molecule has 9 heteroatoms. The second-order valence-corrected chi connectivity index (χ2v) is 9.25. The summed E-state index contributed by atoms with van der Waals surface area (Å²) in [6.07, 6.45) is 2.45. The number of carbonyl (C=O) groups excluding carboxylic acids is 3. The molecule has 4 rings (SSSR count). The lowest BCUT2D eigenvalue weighted by Crippen LogP contribution is -2.28. The molecule has 0 radical (unpaired) electrons. The molecule has 3 aromatic rings. The van der Waals surface area contributed by atoms with Gasteiger partial charge in [0.25, 0.3) is 5.91 Å². The van der Waals surface area contributed by atoms with Crippen molar-refractivity contribution in [3.8, 4) is 11.3 Å². The van der Waals surface area contributed by atoms with Gasteiger partial charge in [0.15, 0.2) is 5.17 Å². The molecule has 1 saturated heterocycles. The number of esters is 2. The number of amides is 1. The van der Waals surface area contributed by atoms with Gasteiger partial charge in [0.05, 0.1) is 34.9 Å². The molecule has 0 atom stereocenters. The van der Waals surface area contributed by atoms with E-state index in [1.807, 2.05) is 19.9 Å². The summed E-state index contributed by atoms with van der Waals surface area (Å²) >= 11 is 1.24. The minimum atomic E-state index is -0.419. The van der Waals surface area contributed by atoms with Crippen LogP contribution in [0.5, 0.6) is 0 Å². The van der Waals surface area contributed by atoms with Crippen LogP contribution in [-0.2, 0) is 14.3 Å². The van der Waals surface area contributed by atoms with Gasteiger partial charge in [-0.25, -0.2) is 14.6 Å². The number of nitrogens with zero attached hydrogens (tertiary/aromatic N) is 2. The van der Waals surface area contributed by atoms with Crippen molar-refractivity contribution in [3.05, 3.63) is 82.5 Å². The van der Waals surface area contributed by atoms with Crippen LogP contribution in [0.25, 0.3) is 17.4 Å². The molecule has 196 valence electrons. The quantitative estimate of drug-likeness (QED) is 0.235. The fourth-order valence-electron chi connectivity index (χ4n) is 3.66. The Morgan fingerprint density at radius 2 is 1.74 bits per heavy atom. The van der Waals surface area contributed by atoms with Crippen LogP contribution in [0.3, 0.4) is 0 Å². The highest BCUT2D eigenvalue weighted by Gasteiger charge is 2.32. The van der Waals surface area contributed by atoms with Gasteiger partial charge in [-0.1, -0.05) is 25.1 Å². The van der Waals surface area contributed by atoms with Crippen LogP contribution in [0.1, 0.15) is 53.7 Å². The number of benzene rings is 2. The molecule has 2 heterocycles. The summed E-state index contributed by atoms with van der Waals surface area (Å²) in [6.45, 7) is 6.68. The zero-order valence-electron chi connectivity index (χ0n) is 21.4. The normalized spacial score (nSPS) is 15.3. The van der Waals surface area contributed by atoms with Crippen LogP contribution < -0.4 is 0 Å². The molecule has 0 spiro atoms. The number of ether oxygens (including phenoxy) is 2. The zero-order chi connectivity index (χ0) is 27.1. The van der Waals surface area contributed by atoms with Crippen molar-refractivity contribution in [1.29, 1.82) is 0 Å². The smallest absolute Gasteiger partial charge is 0.338 e. The monoisotopic (exact) mass is 532 g/mol. The first-order valence-electron chi connectivity index (χ1n) is 12.4. The predicted octanol–water partition coefficient (Wildman–Crippen LogP) is 6.31. The van der Waals surface area contributed by atoms with Crippen LogP contribution in [0, 0.1) is 0 Å². The Hall–Kier alpha value is -4.11. The Labute approximate surface area is 225 Å². The fourth-order valence-corrected chi connectivity index (χ4v) is 4.70. The van der Waals surface area contributed by atoms with E-state index in [1.165, 1.54) is 11.8 Å². The highest BCUT2D eigenvalue weighted by Crippen LogP contribution is 2.35. The van der Waals surface area contributed by atoms with Gasteiger partial charge in [-0.3, -0.25) is 9.69 Å². The largest absolute Gasteiger partial charge is 0.462 e. The van der Waals surface area contributed by atoms with Crippen molar-refractivity contribution in [3.63, 3.8) is 0 Å². The number of likely N-dealkylation sites (N-methyl/N-ethyl adjacent to an activating group) is 1. The lowest BCUT2D eigenvalue weighted by atomic mass is 10.1. The molecular weight excluding hydrogens is 504 g/mol. The molecule has 0 saturated carbocycles. The molecule has 8 nitrogen and oxygen atoms in total. The van der Waals surface area contributed by atoms with Gasteiger partial charge in [-0.05, 0) is 74.5 Å². The third-order valence-electron chi connectivity index (χ3n) is 5.53. The Morgan fingerprint density at radius 1 is 0.974 bits per heavy atom. The maximum atomic E-state index is 13.1. The van der Waals surface area contributed by atoms with E-state index >= 15 is 0 Å². The molecular formula is C29H28N2O6S. The van der Waals surface area contributed by atoms with E-state index in [4.69, 9.17) is 13.9 Å². The first-order valence-corrected chi connectivity index (χ1v) is 13.2. The van der Waals surface area contributed by atoms with E-state index in [1.54, 1.807) is 72.5 Å². The third-order valence-corrected chi connectivity index (χ3v) is 6.54.